The fourth-order valence-electron chi connectivity index (χ4n) is 2.94. The van der Waals surface area contributed by atoms with Gasteiger partial charge in [-0.3, -0.25) is 0 Å². The number of aliphatic imine (C=N–C) groups is 1. The van der Waals surface area contributed by atoms with Crippen molar-refractivity contribution in [1.82, 2.24) is 0 Å². The van der Waals surface area contributed by atoms with Gasteiger partial charge in [-0.1, -0.05) is 42.5 Å². The Kier molecular flexibility index (Phi) is 5.57. The number of carbonyl (C=O) groups excluding carboxylic acids is 1. The van der Waals surface area contributed by atoms with Crippen molar-refractivity contribution in [2.75, 3.05) is 7.11 Å². The molecule has 0 saturated carbocycles. The topological polar surface area (TPSA) is 57.1 Å². The van der Waals surface area contributed by atoms with Crippen LogP contribution in [0.25, 0.3) is 6.08 Å². The second-order valence-electron chi connectivity index (χ2n) is 6.53. The van der Waals surface area contributed by atoms with E-state index in [0.717, 1.165) is 5.56 Å². The third kappa shape index (κ3) is 4.38. The number of cyclic esters (lactones) is 1. The van der Waals surface area contributed by atoms with Crippen LogP contribution in [0.1, 0.15) is 16.7 Å². The molecule has 0 bridgehead atoms. The molecule has 0 amide bonds. The molecule has 1 heterocycles. The highest BCUT2D eigenvalue weighted by molar-refractivity contribution is 6.12. The third-order valence-corrected chi connectivity index (χ3v) is 4.42. The summed E-state index contributed by atoms with van der Waals surface area (Å²) in [6, 6.07) is 20.8. The number of hydrogen-bond acceptors (Lipinski definition) is 5. The van der Waals surface area contributed by atoms with E-state index in [1.165, 1.54) is 18.2 Å². The minimum atomic E-state index is -0.599. The first kappa shape index (κ1) is 19.4. The van der Waals surface area contributed by atoms with E-state index in [2.05, 4.69) is 4.99 Å². The summed E-state index contributed by atoms with van der Waals surface area (Å²) in [4.78, 5) is 16.4. The average molecular weight is 403 g/mol. The Bertz CT molecular complexity index is 1140. The van der Waals surface area contributed by atoms with E-state index in [9.17, 15) is 9.18 Å². The van der Waals surface area contributed by atoms with Crippen LogP contribution in [0.2, 0.25) is 0 Å². The molecule has 0 aliphatic carbocycles. The number of benzene rings is 3. The van der Waals surface area contributed by atoms with Gasteiger partial charge in [-0.05, 0) is 47.5 Å². The van der Waals surface area contributed by atoms with E-state index in [-0.39, 0.29) is 11.6 Å². The van der Waals surface area contributed by atoms with Crippen molar-refractivity contribution in [2.45, 2.75) is 6.61 Å². The molecule has 0 spiro atoms. The molecule has 0 unspecified atom stereocenters. The van der Waals surface area contributed by atoms with Gasteiger partial charge in [-0.15, -0.1) is 0 Å². The lowest BCUT2D eigenvalue weighted by Crippen LogP contribution is -2.05. The summed E-state index contributed by atoms with van der Waals surface area (Å²) in [5, 5.41) is 0. The van der Waals surface area contributed by atoms with E-state index in [1.54, 1.807) is 37.5 Å². The normalized spacial score (nSPS) is 14.4. The molecule has 1 aliphatic heterocycles. The number of methoxy groups -OCH3 is 1. The standard InChI is InChI=1S/C24H18FNO4/c1-28-22-13-17(10-11-21(22)29-15-16-6-3-2-4-7-16)12-20-24(27)30-23(26-20)18-8-5-9-19(25)14-18/h2-14H,15H2,1H3/b20-12+. The molecule has 0 N–H and O–H groups in total. The highest BCUT2D eigenvalue weighted by Crippen LogP contribution is 2.30. The molecule has 30 heavy (non-hydrogen) atoms. The number of nitrogens with zero attached hydrogens (tertiary/aromatic N) is 1. The molecule has 3 aromatic rings. The first-order valence-corrected chi connectivity index (χ1v) is 9.25. The number of carbonyl (C=O) groups is 1. The van der Waals surface area contributed by atoms with E-state index in [0.29, 0.717) is 29.2 Å². The van der Waals surface area contributed by atoms with Gasteiger partial charge in [0.25, 0.3) is 0 Å². The summed E-state index contributed by atoms with van der Waals surface area (Å²) in [6.07, 6.45) is 1.58. The van der Waals surface area contributed by atoms with Crippen molar-refractivity contribution in [1.29, 1.82) is 0 Å². The summed E-state index contributed by atoms with van der Waals surface area (Å²) in [7, 11) is 1.55. The number of hydrogen-bond donors (Lipinski definition) is 0. The Hall–Kier alpha value is -3.93. The fourth-order valence-corrected chi connectivity index (χ4v) is 2.94. The molecule has 4 rings (SSSR count). The SMILES string of the molecule is COc1cc(/C=C2/N=C(c3cccc(F)c3)OC2=O)ccc1OCc1ccccc1. The number of rotatable bonds is 6. The molecule has 6 heteroatoms. The van der Waals surface area contributed by atoms with Gasteiger partial charge in [0.1, 0.15) is 12.4 Å². The summed E-state index contributed by atoms with van der Waals surface area (Å²) in [5.74, 6) is 0.153. The zero-order chi connectivity index (χ0) is 20.9. The lowest BCUT2D eigenvalue weighted by Gasteiger charge is -2.11. The molecular weight excluding hydrogens is 385 g/mol. The Morgan fingerprint density at radius 1 is 1.00 bits per heavy atom. The van der Waals surface area contributed by atoms with E-state index in [4.69, 9.17) is 14.2 Å². The summed E-state index contributed by atoms with van der Waals surface area (Å²) >= 11 is 0. The molecular formula is C24H18FNO4. The Morgan fingerprint density at radius 2 is 1.83 bits per heavy atom. The number of esters is 1. The van der Waals surface area contributed by atoms with Gasteiger partial charge < -0.3 is 14.2 Å². The highest BCUT2D eigenvalue weighted by atomic mass is 19.1. The Labute approximate surface area is 173 Å². The van der Waals surface area contributed by atoms with Gasteiger partial charge in [0.05, 0.1) is 7.11 Å². The van der Waals surface area contributed by atoms with Gasteiger partial charge in [0, 0.05) is 5.56 Å². The predicted molar refractivity (Wildman–Crippen MR) is 111 cm³/mol. The van der Waals surface area contributed by atoms with Crippen LogP contribution in [0.15, 0.2) is 83.5 Å². The van der Waals surface area contributed by atoms with E-state index >= 15 is 0 Å². The zero-order valence-corrected chi connectivity index (χ0v) is 16.2. The lowest BCUT2D eigenvalue weighted by atomic mass is 10.1. The van der Waals surface area contributed by atoms with Crippen molar-refractivity contribution in [3.63, 3.8) is 0 Å². The largest absolute Gasteiger partial charge is 0.493 e. The second-order valence-corrected chi connectivity index (χ2v) is 6.53. The molecule has 3 aromatic carbocycles. The Morgan fingerprint density at radius 3 is 2.60 bits per heavy atom. The van der Waals surface area contributed by atoms with Crippen LogP contribution in [-0.2, 0) is 16.1 Å². The van der Waals surface area contributed by atoms with Crippen LogP contribution in [-0.4, -0.2) is 19.0 Å². The first-order chi connectivity index (χ1) is 14.6. The lowest BCUT2D eigenvalue weighted by molar-refractivity contribution is -0.129. The third-order valence-electron chi connectivity index (χ3n) is 4.42. The maximum atomic E-state index is 13.4. The molecule has 5 nitrogen and oxygen atoms in total. The van der Waals surface area contributed by atoms with Gasteiger partial charge in [-0.2, -0.15) is 0 Å². The van der Waals surface area contributed by atoms with Crippen molar-refractivity contribution >= 4 is 17.9 Å². The molecule has 150 valence electrons. The molecule has 0 fully saturated rings. The zero-order valence-electron chi connectivity index (χ0n) is 16.2. The monoisotopic (exact) mass is 403 g/mol. The molecule has 0 saturated heterocycles. The highest BCUT2D eigenvalue weighted by Gasteiger charge is 2.24. The van der Waals surface area contributed by atoms with Crippen molar-refractivity contribution in [3.05, 3.63) is 101 Å². The molecule has 0 atom stereocenters. The molecule has 0 radical (unpaired) electrons. The van der Waals surface area contributed by atoms with Gasteiger partial charge in [-0.25, -0.2) is 14.2 Å². The number of halogens is 1. The van der Waals surface area contributed by atoms with E-state index in [1.807, 2.05) is 30.3 Å². The van der Waals surface area contributed by atoms with Gasteiger partial charge in [0.15, 0.2) is 17.2 Å². The van der Waals surface area contributed by atoms with Crippen molar-refractivity contribution in [3.8, 4) is 11.5 Å². The quantitative estimate of drug-likeness (QED) is 0.440. The minimum absolute atomic E-state index is 0.0699. The second kappa shape index (κ2) is 8.61. The van der Waals surface area contributed by atoms with Gasteiger partial charge >= 0.3 is 5.97 Å². The van der Waals surface area contributed by atoms with Crippen LogP contribution < -0.4 is 9.47 Å². The van der Waals surface area contributed by atoms with Gasteiger partial charge in [0.2, 0.25) is 5.90 Å². The number of ether oxygens (including phenoxy) is 3. The van der Waals surface area contributed by atoms with Crippen LogP contribution in [0.3, 0.4) is 0 Å². The summed E-state index contributed by atoms with van der Waals surface area (Å²) in [6.45, 7) is 0.408. The van der Waals surface area contributed by atoms with Crippen LogP contribution in [0.4, 0.5) is 4.39 Å². The molecule has 0 aromatic heterocycles. The maximum absolute atomic E-state index is 13.4. The Balaban J connectivity index is 1.55. The van der Waals surface area contributed by atoms with Crippen LogP contribution >= 0.6 is 0 Å². The first-order valence-electron chi connectivity index (χ1n) is 9.25. The van der Waals surface area contributed by atoms with Crippen LogP contribution in [0, 0.1) is 5.82 Å². The van der Waals surface area contributed by atoms with Crippen LogP contribution in [0.5, 0.6) is 11.5 Å². The minimum Gasteiger partial charge on any atom is -0.493 e. The smallest absolute Gasteiger partial charge is 0.363 e. The summed E-state index contributed by atoms with van der Waals surface area (Å²) in [5.41, 5.74) is 2.25. The predicted octanol–water partition coefficient (Wildman–Crippen LogP) is 4.76. The maximum Gasteiger partial charge on any atom is 0.363 e. The van der Waals surface area contributed by atoms with Crippen molar-refractivity contribution in [2.24, 2.45) is 4.99 Å². The van der Waals surface area contributed by atoms with E-state index < -0.39 is 11.8 Å². The summed E-state index contributed by atoms with van der Waals surface area (Å²) < 4.78 is 29.9. The molecule has 1 aliphatic rings. The van der Waals surface area contributed by atoms with Crippen molar-refractivity contribution < 1.29 is 23.4 Å². The average Bonchev–Trinajstić information content (AvgIpc) is 3.13. The fraction of sp³-hybridized carbons (Fsp3) is 0.0833.